The van der Waals surface area contributed by atoms with E-state index in [-0.39, 0.29) is 16.7 Å². The Kier molecular flexibility index (Phi) is 5.35. The van der Waals surface area contributed by atoms with Gasteiger partial charge in [0, 0.05) is 12.2 Å². The average Bonchev–Trinajstić information content (AvgIpc) is 2.63. The van der Waals surface area contributed by atoms with Crippen LogP contribution >= 0.6 is 0 Å². The number of piperidine rings is 1. The number of nitrogens with one attached hydrogen (secondary N) is 3. The van der Waals surface area contributed by atoms with E-state index in [1.807, 2.05) is 0 Å². The van der Waals surface area contributed by atoms with Crippen LogP contribution in [-0.4, -0.2) is 27.4 Å². The Labute approximate surface area is 147 Å². The second-order valence-electron chi connectivity index (χ2n) is 6.03. The first-order valence-corrected chi connectivity index (χ1v) is 9.72. The molecule has 0 aliphatic carbocycles. The van der Waals surface area contributed by atoms with Crippen LogP contribution in [0.4, 0.5) is 11.4 Å². The second kappa shape index (κ2) is 7.67. The van der Waals surface area contributed by atoms with E-state index in [2.05, 4.69) is 15.4 Å². The van der Waals surface area contributed by atoms with Crippen LogP contribution < -0.4 is 15.4 Å². The summed E-state index contributed by atoms with van der Waals surface area (Å²) in [5.41, 5.74) is 0.979. The first-order chi connectivity index (χ1) is 12.0. The lowest BCUT2D eigenvalue weighted by Crippen LogP contribution is -2.37. The lowest BCUT2D eigenvalue weighted by molar-refractivity contribution is -0.120. The Morgan fingerprint density at radius 1 is 1.04 bits per heavy atom. The SMILES string of the molecule is O=C(Nc1cccc(NS(=O)(=O)c2ccccc2)c1)C1CCCNC1. The minimum atomic E-state index is -3.65. The molecule has 0 spiro atoms. The topological polar surface area (TPSA) is 87.3 Å². The predicted molar refractivity (Wildman–Crippen MR) is 97.9 cm³/mol. The van der Waals surface area contributed by atoms with E-state index in [9.17, 15) is 13.2 Å². The van der Waals surface area contributed by atoms with Crippen molar-refractivity contribution in [2.75, 3.05) is 23.1 Å². The molecular weight excluding hydrogens is 338 g/mol. The Bertz CT molecular complexity index is 832. The third-order valence-electron chi connectivity index (χ3n) is 4.10. The normalized spacial score (nSPS) is 17.7. The summed E-state index contributed by atoms with van der Waals surface area (Å²) in [4.78, 5) is 12.5. The predicted octanol–water partition coefficient (Wildman–Crippen LogP) is 2.43. The Morgan fingerprint density at radius 3 is 2.52 bits per heavy atom. The largest absolute Gasteiger partial charge is 0.326 e. The molecule has 2 aromatic carbocycles. The van der Waals surface area contributed by atoms with Gasteiger partial charge in [-0.2, -0.15) is 0 Å². The van der Waals surface area contributed by atoms with Gasteiger partial charge in [-0.05, 0) is 49.7 Å². The molecule has 1 unspecified atom stereocenters. The van der Waals surface area contributed by atoms with Crippen molar-refractivity contribution in [2.45, 2.75) is 17.7 Å². The maximum atomic E-state index is 12.4. The number of benzene rings is 2. The van der Waals surface area contributed by atoms with Crippen LogP contribution in [0.1, 0.15) is 12.8 Å². The van der Waals surface area contributed by atoms with Gasteiger partial charge in [0.1, 0.15) is 0 Å². The maximum absolute atomic E-state index is 12.4. The van der Waals surface area contributed by atoms with Gasteiger partial charge < -0.3 is 10.6 Å². The van der Waals surface area contributed by atoms with Crippen LogP contribution in [0.3, 0.4) is 0 Å². The van der Waals surface area contributed by atoms with Crippen molar-refractivity contribution in [3.8, 4) is 0 Å². The van der Waals surface area contributed by atoms with Gasteiger partial charge >= 0.3 is 0 Å². The first kappa shape index (κ1) is 17.4. The molecule has 0 saturated carbocycles. The van der Waals surface area contributed by atoms with Crippen molar-refractivity contribution in [1.82, 2.24) is 5.32 Å². The minimum absolute atomic E-state index is 0.0460. The highest BCUT2D eigenvalue weighted by Crippen LogP contribution is 2.20. The lowest BCUT2D eigenvalue weighted by atomic mass is 9.99. The van der Waals surface area contributed by atoms with Crippen molar-refractivity contribution in [3.05, 3.63) is 54.6 Å². The molecular formula is C18H21N3O3S. The third kappa shape index (κ3) is 4.58. The molecule has 1 aliphatic heterocycles. The molecule has 1 amide bonds. The Hall–Kier alpha value is -2.38. The molecule has 7 heteroatoms. The van der Waals surface area contributed by atoms with Crippen molar-refractivity contribution in [3.63, 3.8) is 0 Å². The molecule has 2 aromatic rings. The van der Waals surface area contributed by atoms with Gasteiger partial charge in [-0.15, -0.1) is 0 Å². The second-order valence-corrected chi connectivity index (χ2v) is 7.71. The summed E-state index contributed by atoms with van der Waals surface area (Å²) in [6, 6.07) is 14.9. The summed E-state index contributed by atoms with van der Waals surface area (Å²) in [6.45, 7) is 1.62. The van der Waals surface area contributed by atoms with Gasteiger partial charge in [0.15, 0.2) is 0 Å². The van der Waals surface area contributed by atoms with E-state index in [0.717, 1.165) is 19.4 Å². The third-order valence-corrected chi connectivity index (χ3v) is 5.50. The van der Waals surface area contributed by atoms with E-state index in [1.54, 1.807) is 42.5 Å². The highest BCUT2D eigenvalue weighted by Gasteiger charge is 2.21. The van der Waals surface area contributed by atoms with E-state index in [0.29, 0.717) is 17.9 Å². The van der Waals surface area contributed by atoms with Crippen molar-refractivity contribution in [1.29, 1.82) is 0 Å². The minimum Gasteiger partial charge on any atom is -0.326 e. The maximum Gasteiger partial charge on any atom is 0.261 e. The Balaban J connectivity index is 1.70. The highest BCUT2D eigenvalue weighted by atomic mass is 32.2. The molecule has 1 saturated heterocycles. The van der Waals surface area contributed by atoms with Crippen molar-refractivity contribution in [2.24, 2.45) is 5.92 Å². The summed E-state index contributed by atoms with van der Waals surface area (Å²) in [5, 5.41) is 6.07. The number of anilines is 2. The van der Waals surface area contributed by atoms with Gasteiger partial charge in [0.05, 0.1) is 16.5 Å². The molecule has 0 bridgehead atoms. The summed E-state index contributed by atoms with van der Waals surface area (Å²) < 4.78 is 27.3. The van der Waals surface area contributed by atoms with E-state index in [1.165, 1.54) is 12.1 Å². The lowest BCUT2D eigenvalue weighted by Gasteiger charge is -2.22. The number of hydrogen-bond donors (Lipinski definition) is 3. The summed E-state index contributed by atoms with van der Waals surface area (Å²) in [7, 11) is -3.65. The van der Waals surface area contributed by atoms with Gasteiger partial charge in [0.25, 0.3) is 10.0 Å². The fourth-order valence-corrected chi connectivity index (χ4v) is 3.86. The van der Waals surface area contributed by atoms with Gasteiger partial charge in [-0.3, -0.25) is 9.52 Å². The fourth-order valence-electron chi connectivity index (χ4n) is 2.79. The van der Waals surface area contributed by atoms with Crippen LogP contribution in [0.25, 0.3) is 0 Å². The molecule has 6 nitrogen and oxygen atoms in total. The Morgan fingerprint density at radius 2 is 1.80 bits per heavy atom. The molecule has 0 radical (unpaired) electrons. The quantitative estimate of drug-likeness (QED) is 0.765. The number of rotatable bonds is 5. The number of amides is 1. The average molecular weight is 359 g/mol. The first-order valence-electron chi connectivity index (χ1n) is 8.24. The molecule has 1 heterocycles. The number of hydrogen-bond acceptors (Lipinski definition) is 4. The molecule has 1 aliphatic rings. The van der Waals surface area contributed by atoms with Crippen molar-refractivity contribution >= 4 is 27.3 Å². The van der Waals surface area contributed by atoms with Crippen LogP contribution in [0.2, 0.25) is 0 Å². The molecule has 3 rings (SSSR count). The summed E-state index contributed by atoms with van der Waals surface area (Å²) >= 11 is 0. The molecule has 1 atom stereocenters. The van der Waals surface area contributed by atoms with E-state index < -0.39 is 10.0 Å². The van der Waals surface area contributed by atoms with Crippen LogP contribution in [0, 0.1) is 5.92 Å². The highest BCUT2D eigenvalue weighted by molar-refractivity contribution is 7.92. The van der Waals surface area contributed by atoms with Crippen LogP contribution in [0.5, 0.6) is 0 Å². The molecule has 25 heavy (non-hydrogen) atoms. The summed E-state index contributed by atoms with van der Waals surface area (Å²) in [5.74, 6) is -0.103. The zero-order chi connectivity index (χ0) is 17.7. The zero-order valence-electron chi connectivity index (χ0n) is 13.7. The summed E-state index contributed by atoms with van der Waals surface area (Å²) in [6.07, 6.45) is 1.84. The van der Waals surface area contributed by atoms with Crippen LogP contribution in [-0.2, 0) is 14.8 Å². The number of carbonyl (C=O) groups excluding carboxylic acids is 1. The van der Waals surface area contributed by atoms with E-state index >= 15 is 0 Å². The smallest absolute Gasteiger partial charge is 0.261 e. The monoisotopic (exact) mass is 359 g/mol. The van der Waals surface area contributed by atoms with Gasteiger partial charge in [-0.1, -0.05) is 24.3 Å². The zero-order valence-corrected chi connectivity index (χ0v) is 14.6. The van der Waals surface area contributed by atoms with Crippen molar-refractivity contribution < 1.29 is 13.2 Å². The fraction of sp³-hybridized carbons (Fsp3) is 0.278. The van der Waals surface area contributed by atoms with Gasteiger partial charge in [-0.25, -0.2) is 8.42 Å². The van der Waals surface area contributed by atoms with Gasteiger partial charge in [0.2, 0.25) is 5.91 Å². The number of sulfonamides is 1. The van der Waals surface area contributed by atoms with Crippen LogP contribution in [0.15, 0.2) is 59.5 Å². The molecule has 132 valence electrons. The van der Waals surface area contributed by atoms with E-state index in [4.69, 9.17) is 0 Å². The molecule has 3 N–H and O–H groups in total. The number of carbonyl (C=O) groups is 1. The molecule has 0 aromatic heterocycles. The molecule has 1 fully saturated rings. The standard InChI is InChI=1S/C18H21N3O3S/c22-18(14-6-5-11-19-13-14)20-15-7-4-8-16(12-15)21-25(23,24)17-9-2-1-3-10-17/h1-4,7-10,12,14,19,21H,5-6,11,13H2,(H,20,22).